The Labute approximate surface area is 98.0 Å². The lowest BCUT2D eigenvalue weighted by molar-refractivity contribution is 0.517. The van der Waals surface area contributed by atoms with Gasteiger partial charge in [-0.2, -0.15) is 0 Å². The summed E-state index contributed by atoms with van der Waals surface area (Å²) in [4.78, 5) is 3.25. The van der Waals surface area contributed by atoms with Gasteiger partial charge >= 0.3 is 0 Å². The number of nitrogens with one attached hydrogen (secondary N) is 1. The Morgan fingerprint density at radius 1 is 1.33 bits per heavy atom. The van der Waals surface area contributed by atoms with Crippen LogP contribution in [-0.4, -0.2) is 4.98 Å². The van der Waals surface area contributed by atoms with Gasteiger partial charge in [0.25, 0.3) is 0 Å². The van der Waals surface area contributed by atoms with Gasteiger partial charge in [0, 0.05) is 27.6 Å². The van der Waals surface area contributed by atoms with E-state index < -0.39 is 0 Å². The first-order chi connectivity index (χ1) is 7.09. The number of rotatable bonds is 2. The molecule has 1 unspecified atom stereocenters. The van der Waals surface area contributed by atoms with Gasteiger partial charge in [-0.1, -0.05) is 29.8 Å². The number of fused-ring (bicyclic) bond motifs is 1. The SMILES string of the molecule is CC(C)C(N)c1c[nH]c2ccc(Br)cc12. The maximum Gasteiger partial charge on any atom is 0.0458 e. The molecule has 80 valence electrons. The molecule has 1 atom stereocenters. The number of hydrogen-bond donors (Lipinski definition) is 2. The highest BCUT2D eigenvalue weighted by Crippen LogP contribution is 2.29. The third kappa shape index (κ3) is 1.94. The molecule has 0 aliphatic carbocycles. The summed E-state index contributed by atoms with van der Waals surface area (Å²) in [7, 11) is 0. The van der Waals surface area contributed by atoms with Gasteiger partial charge < -0.3 is 10.7 Å². The van der Waals surface area contributed by atoms with E-state index in [-0.39, 0.29) is 6.04 Å². The van der Waals surface area contributed by atoms with Crippen LogP contribution < -0.4 is 5.73 Å². The summed E-state index contributed by atoms with van der Waals surface area (Å²) in [5, 5.41) is 1.21. The topological polar surface area (TPSA) is 41.8 Å². The minimum atomic E-state index is 0.0908. The maximum atomic E-state index is 6.16. The van der Waals surface area contributed by atoms with E-state index in [1.165, 1.54) is 10.9 Å². The second-order valence-corrected chi connectivity index (χ2v) is 5.12. The molecular formula is C12H15BrN2. The molecule has 0 aliphatic heterocycles. The van der Waals surface area contributed by atoms with E-state index in [1.54, 1.807) is 0 Å². The molecule has 1 aromatic heterocycles. The highest BCUT2D eigenvalue weighted by Gasteiger charge is 2.14. The Bertz CT molecular complexity index is 473. The van der Waals surface area contributed by atoms with Crippen LogP contribution in [0.5, 0.6) is 0 Å². The number of hydrogen-bond acceptors (Lipinski definition) is 1. The Kier molecular flexibility index (Phi) is 2.85. The monoisotopic (exact) mass is 266 g/mol. The Morgan fingerprint density at radius 2 is 2.07 bits per heavy atom. The van der Waals surface area contributed by atoms with Crippen molar-refractivity contribution in [1.82, 2.24) is 4.98 Å². The third-order valence-corrected chi connectivity index (χ3v) is 3.25. The molecule has 2 nitrogen and oxygen atoms in total. The Balaban J connectivity index is 2.56. The molecule has 0 bridgehead atoms. The van der Waals surface area contributed by atoms with Crippen LogP contribution in [-0.2, 0) is 0 Å². The minimum absolute atomic E-state index is 0.0908. The first kappa shape index (κ1) is 10.7. The lowest BCUT2D eigenvalue weighted by Gasteiger charge is -2.14. The number of aromatic nitrogens is 1. The molecule has 1 aromatic carbocycles. The van der Waals surface area contributed by atoms with Gasteiger partial charge in [0.1, 0.15) is 0 Å². The summed E-state index contributed by atoms with van der Waals surface area (Å²) in [6, 6.07) is 6.30. The van der Waals surface area contributed by atoms with Crippen LogP contribution in [0.25, 0.3) is 10.9 Å². The van der Waals surface area contributed by atoms with Gasteiger partial charge in [0.05, 0.1) is 0 Å². The lowest BCUT2D eigenvalue weighted by Crippen LogP contribution is -2.16. The summed E-state index contributed by atoms with van der Waals surface area (Å²) >= 11 is 3.48. The molecule has 0 aliphatic rings. The van der Waals surface area contributed by atoms with Crippen LogP contribution in [0.4, 0.5) is 0 Å². The first-order valence-corrected chi connectivity index (χ1v) is 5.91. The standard InChI is InChI=1S/C12H15BrN2/c1-7(2)12(14)10-6-15-11-4-3-8(13)5-9(10)11/h3-7,12,15H,14H2,1-2H3. The van der Waals surface area contributed by atoms with Gasteiger partial charge in [-0.05, 0) is 29.7 Å². The molecule has 0 saturated carbocycles. The van der Waals surface area contributed by atoms with Gasteiger partial charge in [-0.3, -0.25) is 0 Å². The number of H-pyrrole nitrogens is 1. The molecule has 0 fully saturated rings. The average Bonchev–Trinajstić information content (AvgIpc) is 2.59. The van der Waals surface area contributed by atoms with Crippen LogP contribution in [0.3, 0.4) is 0 Å². The molecule has 3 N–H and O–H groups in total. The lowest BCUT2D eigenvalue weighted by atomic mass is 9.97. The summed E-state index contributed by atoms with van der Waals surface area (Å²) < 4.78 is 1.09. The van der Waals surface area contributed by atoms with E-state index in [1.807, 2.05) is 12.3 Å². The fourth-order valence-electron chi connectivity index (χ4n) is 1.75. The van der Waals surface area contributed by atoms with Crippen LogP contribution in [0, 0.1) is 5.92 Å². The third-order valence-electron chi connectivity index (χ3n) is 2.75. The van der Waals surface area contributed by atoms with E-state index in [0.29, 0.717) is 5.92 Å². The zero-order valence-electron chi connectivity index (χ0n) is 8.92. The summed E-state index contributed by atoms with van der Waals surface area (Å²) in [5.74, 6) is 0.447. The van der Waals surface area contributed by atoms with E-state index in [9.17, 15) is 0 Å². The predicted molar refractivity (Wildman–Crippen MR) is 67.8 cm³/mol. The second kappa shape index (κ2) is 3.99. The van der Waals surface area contributed by atoms with Crippen molar-refractivity contribution < 1.29 is 0 Å². The predicted octanol–water partition coefficient (Wildman–Crippen LogP) is 3.59. The zero-order valence-corrected chi connectivity index (χ0v) is 10.5. The van der Waals surface area contributed by atoms with Crippen molar-refractivity contribution in [3.8, 4) is 0 Å². The molecule has 3 heteroatoms. The quantitative estimate of drug-likeness (QED) is 0.857. The van der Waals surface area contributed by atoms with Crippen LogP contribution >= 0.6 is 15.9 Å². The highest BCUT2D eigenvalue weighted by molar-refractivity contribution is 9.10. The normalized spacial score (nSPS) is 13.7. The van der Waals surface area contributed by atoms with Gasteiger partial charge in [-0.25, -0.2) is 0 Å². The number of aromatic amines is 1. The molecule has 0 amide bonds. The number of halogens is 1. The van der Waals surface area contributed by atoms with Crippen molar-refractivity contribution in [3.63, 3.8) is 0 Å². The van der Waals surface area contributed by atoms with E-state index in [0.717, 1.165) is 9.99 Å². The van der Waals surface area contributed by atoms with Gasteiger partial charge in [-0.15, -0.1) is 0 Å². The van der Waals surface area contributed by atoms with E-state index >= 15 is 0 Å². The van der Waals surface area contributed by atoms with Crippen molar-refractivity contribution in [1.29, 1.82) is 0 Å². The van der Waals surface area contributed by atoms with E-state index in [2.05, 4.69) is 46.9 Å². The summed E-state index contributed by atoms with van der Waals surface area (Å²) in [6.45, 7) is 4.28. The molecule has 0 saturated heterocycles. The fraction of sp³-hybridized carbons (Fsp3) is 0.333. The second-order valence-electron chi connectivity index (χ2n) is 4.20. The number of nitrogens with two attached hydrogens (primary N) is 1. The molecule has 15 heavy (non-hydrogen) atoms. The molecule has 2 rings (SSSR count). The van der Waals surface area contributed by atoms with Crippen molar-refractivity contribution in [2.75, 3.05) is 0 Å². The van der Waals surface area contributed by atoms with Gasteiger partial charge in [0.2, 0.25) is 0 Å². The molecule has 1 heterocycles. The fourth-order valence-corrected chi connectivity index (χ4v) is 2.11. The van der Waals surface area contributed by atoms with Crippen molar-refractivity contribution in [3.05, 3.63) is 34.4 Å². The average molecular weight is 267 g/mol. The molecule has 0 spiro atoms. The van der Waals surface area contributed by atoms with Crippen molar-refractivity contribution in [2.45, 2.75) is 19.9 Å². The molecule has 2 aromatic rings. The minimum Gasteiger partial charge on any atom is -0.361 e. The zero-order chi connectivity index (χ0) is 11.0. The maximum absolute atomic E-state index is 6.16. The van der Waals surface area contributed by atoms with Crippen molar-refractivity contribution in [2.24, 2.45) is 11.7 Å². The number of benzene rings is 1. The largest absolute Gasteiger partial charge is 0.361 e. The Hall–Kier alpha value is -0.800. The highest BCUT2D eigenvalue weighted by atomic mass is 79.9. The van der Waals surface area contributed by atoms with Crippen LogP contribution in [0.2, 0.25) is 0 Å². The van der Waals surface area contributed by atoms with E-state index in [4.69, 9.17) is 5.73 Å². The first-order valence-electron chi connectivity index (χ1n) is 5.11. The van der Waals surface area contributed by atoms with Crippen LogP contribution in [0.15, 0.2) is 28.9 Å². The van der Waals surface area contributed by atoms with Crippen LogP contribution in [0.1, 0.15) is 25.5 Å². The summed E-state index contributed by atoms with van der Waals surface area (Å²) in [6.07, 6.45) is 2.02. The molecular weight excluding hydrogens is 252 g/mol. The smallest absolute Gasteiger partial charge is 0.0458 e. The summed E-state index contributed by atoms with van der Waals surface area (Å²) in [5.41, 5.74) is 8.50. The van der Waals surface area contributed by atoms with Gasteiger partial charge in [0.15, 0.2) is 0 Å². The molecule has 0 radical (unpaired) electrons. The Morgan fingerprint density at radius 3 is 2.73 bits per heavy atom. The van der Waals surface area contributed by atoms with Crippen molar-refractivity contribution >= 4 is 26.8 Å².